The molecule has 1 saturated carbocycles. The summed E-state index contributed by atoms with van der Waals surface area (Å²) >= 11 is 0. The number of H-pyrrole nitrogens is 2. The Kier molecular flexibility index (Phi) is 3.96. The fourth-order valence-electron chi connectivity index (χ4n) is 3.26. The fraction of sp³-hybridized carbons (Fsp3) is 0.300. The summed E-state index contributed by atoms with van der Waals surface area (Å²) in [5, 5.41) is 14.1. The normalized spacial score (nSPS) is 14.9. The minimum absolute atomic E-state index is 0.0510. The predicted octanol–water partition coefficient (Wildman–Crippen LogP) is 4.18. The van der Waals surface area contributed by atoms with Crippen LogP contribution in [-0.2, 0) is 0 Å². The van der Waals surface area contributed by atoms with Crippen LogP contribution in [0.3, 0.4) is 0 Å². The van der Waals surface area contributed by atoms with Gasteiger partial charge in [-0.15, -0.1) is 0 Å². The standard InChI is InChI=1S/C20H22N8/c1-11-9-21-20(24-12(2)14-5-6-15-17(7-14)23-10-22-15)26-19(11)25-18-8-16(27-28-18)13-3-4-13/h5-10,12-13H,3-4H2,1-2H3,(H,22,23)(H3,21,24,25,26,27,28)/t12-/m0/s1. The van der Waals surface area contributed by atoms with E-state index in [1.165, 1.54) is 18.5 Å². The number of aromatic amines is 2. The highest BCUT2D eigenvalue weighted by Crippen LogP contribution is 2.39. The Morgan fingerprint density at radius 2 is 2.07 bits per heavy atom. The lowest BCUT2D eigenvalue weighted by atomic mass is 10.1. The molecule has 1 aliphatic rings. The van der Waals surface area contributed by atoms with Gasteiger partial charge in [0.1, 0.15) is 5.82 Å². The highest BCUT2D eigenvalue weighted by Gasteiger charge is 2.25. The van der Waals surface area contributed by atoms with Gasteiger partial charge in [0.25, 0.3) is 0 Å². The van der Waals surface area contributed by atoms with Crippen molar-refractivity contribution in [1.82, 2.24) is 30.1 Å². The van der Waals surface area contributed by atoms with Crippen LogP contribution in [0.25, 0.3) is 11.0 Å². The molecule has 1 aliphatic carbocycles. The quantitative estimate of drug-likeness (QED) is 0.403. The summed E-state index contributed by atoms with van der Waals surface area (Å²) in [6, 6.07) is 8.29. The number of benzene rings is 1. The molecule has 142 valence electrons. The molecule has 4 aromatic rings. The van der Waals surface area contributed by atoms with Gasteiger partial charge in [0.15, 0.2) is 5.82 Å². The highest BCUT2D eigenvalue weighted by atomic mass is 15.2. The van der Waals surface area contributed by atoms with E-state index in [0.29, 0.717) is 11.9 Å². The van der Waals surface area contributed by atoms with E-state index in [-0.39, 0.29) is 6.04 Å². The Bertz CT molecular complexity index is 1120. The van der Waals surface area contributed by atoms with Gasteiger partial charge in [0, 0.05) is 29.4 Å². The second-order valence-corrected chi connectivity index (χ2v) is 7.38. The SMILES string of the molecule is Cc1cnc(N[C@@H](C)c2ccc3nc[nH]c3c2)nc1Nc1cc(C2CC2)[nH]n1. The van der Waals surface area contributed by atoms with Gasteiger partial charge in [-0.1, -0.05) is 6.07 Å². The maximum absolute atomic E-state index is 4.65. The smallest absolute Gasteiger partial charge is 0.225 e. The first-order valence-corrected chi connectivity index (χ1v) is 9.51. The molecule has 0 radical (unpaired) electrons. The van der Waals surface area contributed by atoms with Crippen LogP contribution >= 0.6 is 0 Å². The number of hydrogen-bond donors (Lipinski definition) is 4. The Morgan fingerprint density at radius 3 is 2.93 bits per heavy atom. The molecule has 4 N–H and O–H groups in total. The minimum atomic E-state index is 0.0510. The van der Waals surface area contributed by atoms with Crippen LogP contribution in [0.2, 0.25) is 0 Å². The molecule has 0 aliphatic heterocycles. The number of rotatable bonds is 6. The van der Waals surface area contributed by atoms with E-state index < -0.39 is 0 Å². The van der Waals surface area contributed by atoms with Gasteiger partial charge >= 0.3 is 0 Å². The second kappa shape index (κ2) is 6.63. The van der Waals surface area contributed by atoms with Gasteiger partial charge in [-0.25, -0.2) is 9.97 Å². The number of nitrogens with one attached hydrogen (secondary N) is 4. The van der Waals surface area contributed by atoms with Crippen LogP contribution in [0.1, 0.15) is 48.5 Å². The fourth-order valence-corrected chi connectivity index (χ4v) is 3.26. The van der Waals surface area contributed by atoms with E-state index in [0.717, 1.165) is 33.8 Å². The topological polar surface area (TPSA) is 107 Å². The van der Waals surface area contributed by atoms with E-state index in [1.54, 1.807) is 6.33 Å². The predicted molar refractivity (Wildman–Crippen MR) is 109 cm³/mol. The third kappa shape index (κ3) is 3.28. The number of anilines is 3. The summed E-state index contributed by atoms with van der Waals surface area (Å²) in [7, 11) is 0. The lowest BCUT2D eigenvalue weighted by Gasteiger charge is -2.15. The zero-order valence-electron chi connectivity index (χ0n) is 15.8. The summed E-state index contributed by atoms with van der Waals surface area (Å²) in [6.07, 6.45) is 6.00. The van der Waals surface area contributed by atoms with Crippen molar-refractivity contribution in [2.75, 3.05) is 10.6 Å². The Labute approximate surface area is 162 Å². The number of aromatic nitrogens is 6. The molecule has 8 nitrogen and oxygen atoms in total. The first-order valence-electron chi connectivity index (χ1n) is 9.51. The van der Waals surface area contributed by atoms with Gasteiger partial charge in [0.2, 0.25) is 5.95 Å². The molecule has 0 spiro atoms. The first-order chi connectivity index (χ1) is 13.7. The van der Waals surface area contributed by atoms with Crippen molar-refractivity contribution < 1.29 is 0 Å². The average Bonchev–Trinajstić information content (AvgIpc) is 3.25. The summed E-state index contributed by atoms with van der Waals surface area (Å²) in [5.74, 6) is 2.75. The van der Waals surface area contributed by atoms with Crippen molar-refractivity contribution in [3.8, 4) is 0 Å². The Morgan fingerprint density at radius 1 is 1.18 bits per heavy atom. The van der Waals surface area contributed by atoms with Gasteiger partial charge in [-0.2, -0.15) is 10.1 Å². The summed E-state index contributed by atoms with van der Waals surface area (Å²) in [5.41, 5.74) is 5.27. The summed E-state index contributed by atoms with van der Waals surface area (Å²) < 4.78 is 0. The number of fused-ring (bicyclic) bond motifs is 1. The molecule has 1 aromatic carbocycles. The molecule has 3 aromatic heterocycles. The monoisotopic (exact) mass is 374 g/mol. The number of hydrogen-bond acceptors (Lipinski definition) is 6. The van der Waals surface area contributed by atoms with E-state index >= 15 is 0 Å². The van der Waals surface area contributed by atoms with Crippen LogP contribution in [0.4, 0.5) is 17.6 Å². The van der Waals surface area contributed by atoms with Crippen LogP contribution < -0.4 is 10.6 Å². The molecule has 0 unspecified atom stereocenters. The van der Waals surface area contributed by atoms with Crippen LogP contribution in [-0.4, -0.2) is 30.1 Å². The van der Waals surface area contributed by atoms with E-state index in [9.17, 15) is 0 Å². The molecule has 28 heavy (non-hydrogen) atoms. The molecule has 0 bridgehead atoms. The lowest BCUT2D eigenvalue weighted by molar-refractivity contribution is 0.861. The molecule has 3 heterocycles. The maximum Gasteiger partial charge on any atom is 0.225 e. The molecule has 0 saturated heterocycles. The molecule has 1 fully saturated rings. The van der Waals surface area contributed by atoms with Crippen molar-refractivity contribution in [1.29, 1.82) is 0 Å². The highest BCUT2D eigenvalue weighted by molar-refractivity contribution is 5.75. The van der Waals surface area contributed by atoms with Crippen LogP contribution in [0, 0.1) is 6.92 Å². The van der Waals surface area contributed by atoms with Crippen molar-refractivity contribution in [3.63, 3.8) is 0 Å². The molecule has 8 heteroatoms. The second-order valence-electron chi connectivity index (χ2n) is 7.38. The van der Waals surface area contributed by atoms with Gasteiger partial charge < -0.3 is 15.6 Å². The number of aryl methyl sites for hydroxylation is 1. The third-order valence-electron chi connectivity index (χ3n) is 5.12. The van der Waals surface area contributed by atoms with Crippen molar-refractivity contribution in [3.05, 3.63) is 53.6 Å². The van der Waals surface area contributed by atoms with Gasteiger partial charge in [-0.05, 0) is 44.4 Å². The average molecular weight is 374 g/mol. The van der Waals surface area contributed by atoms with Crippen molar-refractivity contribution >= 4 is 28.6 Å². The molecular weight excluding hydrogens is 352 g/mol. The Balaban J connectivity index is 1.33. The minimum Gasteiger partial charge on any atom is -0.348 e. The van der Waals surface area contributed by atoms with Crippen molar-refractivity contribution in [2.24, 2.45) is 0 Å². The molecule has 1 atom stereocenters. The largest absolute Gasteiger partial charge is 0.348 e. The molecule has 0 amide bonds. The first kappa shape index (κ1) is 16.7. The number of imidazole rings is 1. The van der Waals surface area contributed by atoms with Crippen LogP contribution in [0.5, 0.6) is 0 Å². The van der Waals surface area contributed by atoms with E-state index in [4.69, 9.17) is 0 Å². The summed E-state index contributed by atoms with van der Waals surface area (Å²) in [4.78, 5) is 16.5. The van der Waals surface area contributed by atoms with Gasteiger partial charge in [0.05, 0.1) is 23.4 Å². The molecular formula is C20H22N8. The lowest BCUT2D eigenvalue weighted by Crippen LogP contribution is -2.11. The zero-order valence-corrected chi connectivity index (χ0v) is 15.8. The third-order valence-corrected chi connectivity index (χ3v) is 5.12. The zero-order chi connectivity index (χ0) is 19.1. The van der Waals surface area contributed by atoms with Crippen molar-refractivity contribution in [2.45, 2.75) is 38.6 Å². The van der Waals surface area contributed by atoms with Gasteiger partial charge in [-0.3, -0.25) is 5.10 Å². The molecule has 5 rings (SSSR count). The van der Waals surface area contributed by atoms with Crippen LogP contribution in [0.15, 0.2) is 36.8 Å². The maximum atomic E-state index is 4.65. The number of nitrogens with zero attached hydrogens (tertiary/aromatic N) is 4. The summed E-state index contributed by atoms with van der Waals surface area (Å²) in [6.45, 7) is 4.07. The van der Waals surface area contributed by atoms with E-state index in [1.807, 2.05) is 19.2 Å². The van der Waals surface area contributed by atoms with E-state index in [2.05, 4.69) is 65.9 Å². The Hall–Kier alpha value is -3.42.